The lowest BCUT2D eigenvalue weighted by Gasteiger charge is -2.42. The Balaban J connectivity index is 1.47. The Hall–Kier alpha value is -4.57. The zero-order valence-electron chi connectivity index (χ0n) is 24.8. The summed E-state index contributed by atoms with van der Waals surface area (Å²) in [5.74, 6) is -3.38. The number of hydrogen-bond acceptors (Lipinski definition) is 9. The van der Waals surface area contributed by atoms with Gasteiger partial charge in [-0.1, -0.05) is 36.7 Å². The van der Waals surface area contributed by atoms with Crippen molar-refractivity contribution in [3.63, 3.8) is 0 Å². The molecular formula is C33H29ClN2O8. The van der Waals surface area contributed by atoms with Crippen molar-refractivity contribution < 1.29 is 33.3 Å². The van der Waals surface area contributed by atoms with Gasteiger partial charge >= 0.3 is 5.97 Å². The lowest BCUT2D eigenvalue weighted by Crippen LogP contribution is -2.58. The number of fused-ring (bicyclic) bond motifs is 1. The Morgan fingerprint density at radius 2 is 1.84 bits per heavy atom. The third kappa shape index (κ3) is 3.48. The number of rotatable bonds is 4. The SMILES string of the molecule is COC(=O)C1=C(C)NC2=C(C(=O)[C@@]3(Oc4c(Cl)c(OC)cc(OC)c4C3=O)[C@H](C)C2)[C@H]1c1cc2cccc3c2n(c1=O)CC3. The second kappa shape index (κ2) is 9.72. The number of carbonyl (C=O) groups is 3. The highest BCUT2D eigenvalue weighted by atomic mass is 35.5. The average molecular weight is 617 g/mol. The number of aromatic nitrogens is 1. The minimum Gasteiger partial charge on any atom is -0.496 e. The predicted molar refractivity (Wildman–Crippen MR) is 161 cm³/mol. The van der Waals surface area contributed by atoms with E-state index in [9.17, 15) is 19.2 Å². The molecule has 1 aromatic heterocycles. The number of esters is 1. The molecular weight excluding hydrogens is 588 g/mol. The molecule has 4 heterocycles. The summed E-state index contributed by atoms with van der Waals surface area (Å²) in [6.45, 7) is 3.94. The number of dihydropyridines is 1. The molecule has 226 valence electrons. The van der Waals surface area contributed by atoms with Crippen LogP contribution in [-0.2, 0) is 27.3 Å². The molecule has 0 saturated heterocycles. The molecule has 0 saturated carbocycles. The molecule has 3 aromatic rings. The summed E-state index contributed by atoms with van der Waals surface area (Å²) in [5.41, 5.74) is 1.03. The quantitative estimate of drug-likeness (QED) is 0.339. The first-order valence-corrected chi connectivity index (χ1v) is 14.6. The van der Waals surface area contributed by atoms with Gasteiger partial charge < -0.3 is 28.8 Å². The molecule has 11 heteroatoms. The van der Waals surface area contributed by atoms with Gasteiger partial charge in [-0.2, -0.15) is 0 Å². The monoisotopic (exact) mass is 616 g/mol. The van der Waals surface area contributed by atoms with Crippen LogP contribution in [0.1, 0.15) is 47.7 Å². The average Bonchev–Trinajstić information content (AvgIpc) is 3.59. The van der Waals surface area contributed by atoms with E-state index in [-0.39, 0.29) is 56.5 Å². The summed E-state index contributed by atoms with van der Waals surface area (Å²) >= 11 is 6.62. The first kappa shape index (κ1) is 28.2. The van der Waals surface area contributed by atoms with Gasteiger partial charge in [0.15, 0.2) is 5.75 Å². The molecule has 2 aromatic carbocycles. The molecule has 1 N–H and O–H groups in total. The van der Waals surface area contributed by atoms with Gasteiger partial charge in [0.05, 0.1) is 38.3 Å². The van der Waals surface area contributed by atoms with Crippen molar-refractivity contribution in [2.24, 2.45) is 5.92 Å². The Labute approximate surface area is 257 Å². The van der Waals surface area contributed by atoms with Crippen LogP contribution in [0.4, 0.5) is 0 Å². The molecule has 10 nitrogen and oxygen atoms in total. The lowest BCUT2D eigenvalue weighted by atomic mass is 9.65. The summed E-state index contributed by atoms with van der Waals surface area (Å²) in [6, 6.07) is 9.04. The second-order valence-corrected chi connectivity index (χ2v) is 11.9. The maximum atomic E-state index is 15.0. The van der Waals surface area contributed by atoms with Crippen molar-refractivity contribution in [3.8, 4) is 17.2 Å². The molecule has 3 aliphatic heterocycles. The zero-order chi connectivity index (χ0) is 31.2. The van der Waals surface area contributed by atoms with Crippen LogP contribution in [0, 0.1) is 5.92 Å². The number of pyridine rings is 1. The van der Waals surface area contributed by atoms with Crippen LogP contribution >= 0.6 is 11.6 Å². The molecule has 3 atom stereocenters. The first-order chi connectivity index (χ1) is 21.1. The molecule has 1 spiro atoms. The summed E-state index contributed by atoms with van der Waals surface area (Å²) in [5, 5.41) is 4.07. The Morgan fingerprint density at radius 3 is 2.55 bits per heavy atom. The number of ketones is 2. The van der Waals surface area contributed by atoms with Crippen LogP contribution in [0.25, 0.3) is 10.9 Å². The van der Waals surface area contributed by atoms with Gasteiger partial charge in [0.2, 0.25) is 17.2 Å². The topological polar surface area (TPSA) is 122 Å². The lowest BCUT2D eigenvalue weighted by molar-refractivity contribution is -0.136. The van der Waals surface area contributed by atoms with Crippen LogP contribution in [0.3, 0.4) is 0 Å². The number of nitrogens with zero attached hydrogens (tertiary/aromatic N) is 1. The number of nitrogens with one attached hydrogen (secondary N) is 1. The number of allylic oxidation sites excluding steroid dienone is 2. The van der Waals surface area contributed by atoms with Crippen molar-refractivity contribution >= 4 is 40.0 Å². The Bertz CT molecular complexity index is 1990. The van der Waals surface area contributed by atoms with Crippen LogP contribution in [0.15, 0.2) is 57.7 Å². The summed E-state index contributed by atoms with van der Waals surface area (Å²) in [6.07, 6.45) is 0.910. The maximum absolute atomic E-state index is 15.0. The van der Waals surface area contributed by atoms with Crippen molar-refractivity contribution in [3.05, 3.63) is 84.9 Å². The molecule has 7 rings (SSSR count). The van der Waals surface area contributed by atoms with E-state index < -0.39 is 35.0 Å². The van der Waals surface area contributed by atoms with Gasteiger partial charge in [-0.05, 0) is 36.8 Å². The molecule has 4 aliphatic rings. The molecule has 0 fully saturated rings. The zero-order valence-corrected chi connectivity index (χ0v) is 25.5. The van der Waals surface area contributed by atoms with Crippen LogP contribution in [-0.4, -0.2) is 49.0 Å². The van der Waals surface area contributed by atoms with Gasteiger partial charge in [0.25, 0.3) is 5.56 Å². The number of halogens is 1. The van der Waals surface area contributed by atoms with E-state index in [1.54, 1.807) is 24.5 Å². The minimum absolute atomic E-state index is 0.0103. The highest BCUT2D eigenvalue weighted by molar-refractivity contribution is 6.36. The number of para-hydroxylation sites is 1. The van der Waals surface area contributed by atoms with Crippen molar-refractivity contribution in [1.29, 1.82) is 0 Å². The number of aryl methyl sites for hydroxylation is 2. The number of Topliss-reactive ketones (excluding diaryl/α,β-unsaturated/α-hetero) is 2. The highest BCUT2D eigenvalue weighted by Gasteiger charge is 2.64. The van der Waals surface area contributed by atoms with Gasteiger partial charge in [-0.25, -0.2) is 4.79 Å². The number of hydrogen-bond donors (Lipinski definition) is 1. The van der Waals surface area contributed by atoms with Crippen molar-refractivity contribution in [2.75, 3.05) is 21.3 Å². The summed E-state index contributed by atoms with van der Waals surface area (Å²) < 4.78 is 24.1. The van der Waals surface area contributed by atoms with Crippen LogP contribution < -0.4 is 25.1 Å². The molecule has 0 bridgehead atoms. The van der Waals surface area contributed by atoms with Crippen LogP contribution in [0.2, 0.25) is 5.02 Å². The summed E-state index contributed by atoms with van der Waals surface area (Å²) in [7, 11) is 4.06. The Morgan fingerprint density at radius 1 is 1.09 bits per heavy atom. The van der Waals surface area contributed by atoms with E-state index in [0.717, 1.165) is 16.5 Å². The van der Waals surface area contributed by atoms with E-state index in [2.05, 4.69) is 5.32 Å². The standard InChI is InChI=1S/C33H29ClN2O8/c1-14-11-19-24(29(37)33(14)30(38)25-20(41-3)13-21(42-4)26(34)28(25)44-33)23(22(15(2)35-19)32(40)43-5)18-12-17-8-6-7-16-9-10-36(27(16)17)31(18)39/h6-8,12-14,23,35H,9-11H2,1-5H3/t14-,23+,33+/m1/s1. The first-order valence-electron chi connectivity index (χ1n) is 14.3. The number of methoxy groups -OCH3 is 3. The smallest absolute Gasteiger partial charge is 0.336 e. The van der Waals surface area contributed by atoms with E-state index >= 15 is 0 Å². The van der Waals surface area contributed by atoms with Gasteiger partial charge in [0, 0.05) is 41.1 Å². The van der Waals surface area contributed by atoms with E-state index in [1.165, 1.54) is 27.4 Å². The third-order valence-corrected chi connectivity index (χ3v) is 9.75. The fourth-order valence-electron chi connectivity index (χ4n) is 7.36. The van der Waals surface area contributed by atoms with Crippen molar-refractivity contribution in [2.45, 2.75) is 44.8 Å². The normalized spacial score (nSPS) is 23.5. The number of ether oxygens (including phenoxy) is 4. The molecule has 0 unspecified atom stereocenters. The van der Waals surface area contributed by atoms with E-state index in [4.69, 9.17) is 30.5 Å². The largest absolute Gasteiger partial charge is 0.496 e. The third-order valence-electron chi connectivity index (χ3n) is 9.39. The molecule has 0 amide bonds. The second-order valence-electron chi connectivity index (χ2n) is 11.5. The van der Waals surface area contributed by atoms with Gasteiger partial charge in [-0.3, -0.25) is 14.4 Å². The number of benzene rings is 2. The minimum atomic E-state index is -2.02. The number of carbonyl (C=O) groups excluding carboxylic acids is 3. The molecule has 1 aliphatic carbocycles. The fraction of sp³-hybridized carbons (Fsp3) is 0.333. The molecule has 0 radical (unpaired) electrons. The van der Waals surface area contributed by atoms with Crippen molar-refractivity contribution in [1.82, 2.24) is 9.88 Å². The Kier molecular flexibility index (Phi) is 6.23. The van der Waals surface area contributed by atoms with Gasteiger partial charge in [-0.15, -0.1) is 0 Å². The summed E-state index contributed by atoms with van der Waals surface area (Å²) in [4.78, 5) is 57.0. The van der Waals surface area contributed by atoms with E-state index in [1.807, 2.05) is 18.2 Å². The van der Waals surface area contributed by atoms with E-state index in [0.29, 0.717) is 24.4 Å². The molecule has 44 heavy (non-hydrogen) atoms. The maximum Gasteiger partial charge on any atom is 0.336 e. The highest BCUT2D eigenvalue weighted by Crippen LogP contribution is 2.56. The fourth-order valence-corrected chi connectivity index (χ4v) is 7.63. The van der Waals surface area contributed by atoms with Gasteiger partial charge in [0.1, 0.15) is 22.1 Å². The van der Waals surface area contributed by atoms with Crippen LogP contribution in [0.5, 0.6) is 17.2 Å². The predicted octanol–water partition coefficient (Wildman–Crippen LogP) is 4.24.